The normalized spacial score (nSPS) is 42.7. The first-order valence-electron chi connectivity index (χ1n) is 4.10. The fourth-order valence-electron chi connectivity index (χ4n) is 1.29. The largest absolute Gasteiger partial charge is 0.695 e. The molecule has 0 bridgehead atoms. The molecule has 0 aromatic rings. The number of hydrogen-bond acceptors (Lipinski definition) is 7. The van der Waals surface area contributed by atoms with Gasteiger partial charge in [0.15, 0.2) is 12.4 Å². The van der Waals surface area contributed by atoms with E-state index in [0.717, 1.165) is 0 Å². The highest BCUT2D eigenvalue weighted by Gasteiger charge is 2.48. The molecule has 1 aliphatic rings. The Balaban J connectivity index is 2.70. The van der Waals surface area contributed by atoms with Crippen LogP contribution < -0.4 is 0 Å². The first kappa shape index (κ1) is 12.9. The average molecular weight is 243 g/mol. The Labute approximate surface area is 85.6 Å². The summed E-state index contributed by atoms with van der Waals surface area (Å²) in [6, 6.07) is 0. The lowest BCUT2D eigenvalue weighted by atomic mass is 9.99. The molecule has 8 nitrogen and oxygen atoms in total. The smallest absolute Gasteiger partial charge is 0.394 e. The third kappa shape index (κ3) is 2.90. The first-order valence-corrected chi connectivity index (χ1v) is 5.23. The standard InChI is InChI=1S/C6H11O8P/c7-1-2-3(8)4(9)5(6(10)13-2)14-15(11)12/h2-10H,1H2/p+1/t2-,3-,4+,5-,6-/m1/s1. The lowest BCUT2D eigenvalue weighted by Crippen LogP contribution is -2.58. The maximum atomic E-state index is 10.3. The van der Waals surface area contributed by atoms with Gasteiger partial charge in [0.05, 0.1) is 6.61 Å². The number of rotatable bonds is 3. The summed E-state index contributed by atoms with van der Waals surface area (Å²) in [4.78, 5) is 8.43. The van der Waals surface area contributed by atoms with Gasteiger partial charge in [-0.2, -0.15) is 0 Å². The molecule has 0 aromatic carbocycles. The lowest BCUT2D eigenvalue weighted by Gasteiger charge is -2.36. The number of aliphatic hydroxyl groups is 4. The van der Waals surface area contributed by atoms with E-state index in [1.807, 2.05) is 0 Å². The summed E-state index contributed by atoms with van der Waals surface area (Å²) >= 11 is 0. The quantitative estimate of drug-likeness (QED) is 0.342. The van der Waals surface area contributed by atoms with Crippen molar-refractivity contribution in [2.75, 3.05) is 6.61 Å². The molecule has 1 fully saturated rings. The second-order valence-electron chi connectivity index (χ2n) is 3.04. The predicted octanol–water partition coefficient (Wildman–Crippen LogP) is -2.55. The zero-order valence-corrected chi connectivity index (χ0v) is 8.40. The summed E-state index contributed by atoms with van der Waals surface area (Å²) in [5, 5.41) is 36.7. The van der Waals surface area contributed by atoms with E-state index in [9.17, 15) is 19.9 Å². The zero-order valence-electron chi connectivity index (χ0n) is 7.50. The molecule has 0 spiro atoms. The molecule has 0 aromatic heterocycles. The minimum absolute atomic E-state index is 0.604. The van der Waals surface area contributed by atoms with Crippen molar-refractivity contribution in [3.05, 3.63) is 0 Å². The molecule has 0 amide bonds. The van der Waals surface area contributed by atoms with Gasteiger partial charge >= 0.3 is 8.25 Å². The van der Waals surface area contributed by atoms with Crippen molar-refractivity contribution in [3.8, 4) is 0 Å². The Morgan fingerprint density at radius 1 is 1.27 bits per heavy atom. The van der Waals surface area contributed by atoms with Gasteiger partial charge in [0.1, 0.15) is 18.3 Å². The Kier molecular flexibility index (Phi) is 4.50. The summed E-state index contributed by atoms with van der Waals surface area (Å²) in [5.41, 5.74) is 0. The Bertz CT molecular complexity index is 235. The average Bonchev–Trinajstić information content (AvgIpc) is 2.18. The molecule has 1 heterocycles. The zero-order chi connectivity index (χ0) is 11.6. The lowest BCUT2D eigenvalue weighted by molar-refractivity contribution is -0.280. The van der Waals surface area contributed by atoms with E-state index in [1.54, 1.807) is 0 Å². The van der Waals surface area contributed by atoms with Gasteiger partial charge in [0.2, 0.25) is 0 Å². The van der Waals surface area contributed by atoms with E-state index in [-0.39, 0.29) is 0 Å². The molecule has 1 aliphatic heterocycles. The van der Waals surface area contributed by atoms with E-state index in [2.05, 4.69) is 9.26 Å². The second kappa shape index (κ2) is 5.24. The van der Waals surface area contributed by atoms with Gasteiger partial charge in [0, 0.05) is 4.57 Å². The van der Waals surface area contributed by atoms with Crippen LogP contribution in [0.4, 0.5) is 0 Å². The van der Waals surface area contributed by atoms with Crippen LogP contribution in [0.3, 0.4) is 0 Å². The van der Waals surface area contributed by atoms with Gasteiger partial charge < -0.3 is 25.2 Å². The van der Waals surface area contributed by atoms with Crippen LogP contribution in [0.2, 0.25) is 0 Å². The number of hydrogen-bond donors (Lipinski definition) is 5. The minimum atomic E-state index is -3.04. The van der Waals surface area contributed by atoms with Gasteiger partial charge in [-0.05, 0) is 0 Å². The molecule has 0 radical (unpaired) electrons. The summed E-state index contributed by atoms with van der Waals surface area (Å²) < 4.78 is 19.3. The molecule has 15 heavy (non-hydrogen) atoms. The van der Waals surface area contributed by atoms with Crippen molar-refractivity contribution in [2.45, 2.75) is 30.7 Å². The van der Waals surface area contributed by atoms with Crippen molar-refractivity contribution in [2.24, 2.45) is 0 Å². The fourth-order valence-corrected chi connectivity index (χ4v) is 1.73. The van der Waals surface area contributed by atoms with Crippen molar-refractivity contribution < 1.29 is 39.1 Å². The molecule has 0 saturated carbocycles. The van der Waals surface area contributed by atoms with Crippen LogP contribution in [0.5, 0.6) is 0 Å². The molecule has 1 rings (SSSR count). The van der Waals surface area contributed by atoms with Crippen LogP contribution in [0.1, 0.15) is 0 Å². The van der Waals surface area contributed by atoms with Crippen LogP contribution in [-0.2, 0) is 13.8 Å². The number of aliphatic hydroxyl groups excluding tert-OH is 4. The van der Waals surface area contributed by atoms with Crippen LogP contribution in [0.15, 0.2) is 0 Å². The third-order valence-electron chi connectivity index (χ3n) is 2.05. The fraction of sp³-hybridized carbons (Fsp3) is 1.00. The van der Waals surface area contributed by atoms with Gasteiger partial charge in [-0.1, -0.05) is 0 Å². The second-order valence-corrected chi connectivity index (χ2v) is 3.72. The van der Waals surface area contributed by atoms with Crippen LogP contribution in [0.25, 0.3) is 0 Å². The van der Waals surface area contributed by atoms with Crippen molar-refractivity contribution >= 4 is 8.25 Å². The van der Waals surface area contributed by atoms with Crippen molar-refractivity contribution in [3.63, 3.8) is 0 Å². The van der Waals surface area contributed by atoms with Gasteiger partial charge in [0.25, 0.3) is 0 Å². The summed E-state index contributed by atoms with van der Waals surface area (Å²) in [7, 11) is -3.04. The van der Waals surface area contributed by atoms with Crippen LogP contribution in [-0.4, -0.2) is 62.6 Å². The minimum Gasteiger partial charge on any atom is -0.394 e. The van der Waals surface area contributed by atoms with E-state index in [4.69, 9.17) is 10.00 Å². The molecule has 6 atom stereocenters. The molecular formula is C6H12O8P+. The SMILES string of the molecule is O=[P+](O)O[C@@H]1[C@@H](O)[C@H](O)[C@@H](CO)O[C@H]1O. The van der Waals surface area contributed by atoms with E-state index in [0.29, 0.717) is 0 Å². The summed E-state index contributed by atoms with van der Waals surface area (Å²) in [6.45, 7) is -0.604. The van der Waals surface area contributed by atoms with Gasteiger partial charge in [-0.25, -0.2) is 0 Å². The molecular weight excluding hydrogens is 231 g/mol. The summed E-state index contributed by atoms with van der Waals surface area (Å²) in [5.74, 6) is 0. The molecule has 88 valence electrons. The highest BCUT2D eigenvalue weighted by Crippen LogP contribution is 2.28. The van der Waals surface area contributed by atoms with Crippen LogP contribution >= 0.6 is 8.25 Å². The highest BCUT2D eigenvalue weighted by atomic mass is 31.1. The maximum absolute atomic E-state index is 10.3. The number of ether oxygens (including phenoxy) is 1. The van der Waals surface area contributed by atoms with Gasteiger partial charge in [-0.15, -0.1) is 9.42 Å². The maximum Gasteiger partial charge on any atom is 0.695 e. The predicted molar refractivity (Wildman–Crippen MR) is 44.7 cm³/mol. The van der Waals surface area contributed by atoms with Crippen LogP contribution in [0, 0.1) is 0 Å². The summed E-state index contributed by atoms with van der Waals surface area (Å²) in [6.07, 6.45) is -7.50. The molecule has 1 saturated heterocycles. The van der Waals surface area contributed by atoms with Crippen molar-refractivity contribution in [1.29, 1.82) is 0 Å². The Morgan fingerprint density at radius 2 is 1.87 bits per heavy atom. The molecule has 9 heteroatoms. The molecule has 5 N–H and O–H groups in total. The molecule has 0 aliphatic carbocycles. The first-order chi connectivity index (χ1) is 6.97. The van der Waals surface area contributed by atoms with E-state index < -0.39 is 45.6 Å². The highest BCUT2D eigenvalue weighted by molar-refractivity contribution is 7.32. The monoisotopic (exact) mass is 243 g/mol. The van der Waals surface area contributed by atoms with Crippen molar-refractivity contribution in [1.82, 2.24) is 0 Å². The topological polar surface area (TPSA) is 137 Å². The van der Waals surface area contributed by atoms with E-state index >= 15 is 0 Å². The van der Waals surface area contributed by atoms with E-state index in [1.165, 1.54) is 0 Å². The Hall–Kier alpha value is -0.180. The molecule has 1 unspecified atom stereocenters. The Morgan fingerprint density at radius 3 is 2.33 bits per heavy atom. The third-order valence-corrected chi connectivity index (χ3v) is 2.48. The van der Waals surface area contributed by atoms with Gasteiger partial charge in [-0.3, -0.25) is 0 Å².